The molecule has 1 N–H and O–H groups in total. The van der Waals surface area contributed by atoms with E-state index in [0.717, 1.165) is 25.1 Å². The fraction of sp³-hybridized carbons (Fsp3) is 0.600. The minimum Gasteiger partial charge on any atom is -0.490 e. The third-order valence-electron chi connectivity index (χ3n) is 5.31. The summed E-state index contributed by atoms with van der Waals surface area (Å²) in [6.45, 7) is 6.89. The number of halogens is 1. The molecule has 1 aromatic rings. The molecule has 2 heterocycles. The summed E-state index contributed by atoms with van der Waals surface area (Å²) in [4.78, 5) is 29.0. The topological polar surface area (TPSA) is 61.9 Å². The second-order valence-electron chi connectivity index (χ2n) is 7.49. The third kappa shape index (κ3) is 5.14. The van der Waals surface area contributed by atoms with Crippen LogP contribution in [0.5, 0.6) is 5.75 Å². The van der Waals surface area contributed by atoms with E-state index in [9.17, 15) is 9.59 Å². The van der Waals surface area contributed by atoms with Crippen molar-refractivity contribution < 1.29 is 14.3 Å². The summed E-state index contributed by atoms with van der Waals surface area (Å²) in [7, 11) is 0. The van der Waals surface area contributed by atoms with Crippen LogP contribution in [-0.2, 0) is 9.59 Å². The summed E-state index contributed by atoms with van der Waals surface area (Å²) in [6, 6.07) is 7.22. The lowest BCUT2D eigenvalue weighted by Gasteiger charge is -2.39. The molecule has 0 radical (unpaired) electrons. The summed E-state index contributed by atoms with van der Waals surface area (Å²) < 4.78 is 5.98. The molecule has 7 heteroatoms. The van der Waals surface area contributed by atoms with Crippen LogP contribution in [0.4, 0.5) is 0 Å². The minimum atomic E-state index is -0.366. The Kier molecular flexibility index (Phi) is 6.60. The second kappa shape index (κ2) is 8.93. The number of carbonyl (C=O) groups excluding carboxylic acids is 2. The summed E-state index contributed by atoms with van der Waals surface area (Å²) in [5, 5.41) is 3.57. The van der Waals surface area contributed by atoms with Crippen molar-refractivity contribution in [2.45, 2.75) is 51.3 Å². The van der Waals surface area contributed by atoms with Crippen molar-refractivity contribution in [3.05, 3.63) is 29.3 Å². The molecule has 1 aromatic carbocycles. The zero-order valence-corrected chi connectivity index (χ0v) is 16.7. The van der Waals surface area contributed by atoms with Crippen molar-refractivity contribution in [2.24, 2.45) is 0 Å². The van der Waals surface area contributed by atoms with Crippen LogP contribution in [0.25, 0.3) is 0 Å². The van der Waals surface area contributed by atoms with Crippen LogP contribution in [0.15, 0.2) is 24.3 Å². The highest BCUT2D eigenvalue weighted by atomic mass is 35.5. The Bertz CT molecular complexity index is 657. The van der Waals surface area contributed by atoms with Crippen molar-refractivity contribution in [1.82, 2.24) is 15.1 Å². The van der Waals surface area contributed by atoms with E-state index in [2.05, 4.69) is 24.1 Å². The van der Waals surface area contributed by atoms with Gasteiger partial charge in [-0.05, 0) is 38.1 Å². The normalized spacial score (nSPS) is 22.0. The van der Waals surface area contributed by atoms with Gasteiger partial charge in [0, 0.05) is 50.1 Å². The van der Waals surface area contributed by atoms with E-state index in [1.165, 1.54) is 0 Å². The molecule has 3 rings (SSSR count). The number of benzene rings is 1. The van der Waals surface area contributed by atoms with Crippen LogP contribution >= 0.6 is 11.6 Å². The van der Waals surface area contributed by atoms with E-state index in [1.807, 2.05) is 29.2 Å². The zero-order chi connectivity index (χ0) is 19.4. The SMILES string of the molecule is CC(C)N1CCNC(=O)C1CC(=O)N1CCC(Oc2ccc(Cl)cc2)CC1. The number of hydrogen-bond acceptors (Lipinski definition) is 4. The smallest absolute Gasteiger partial charge is 0.237 e. The van der Waals surface area contributed by atoms with Gasteiger partial charge < -0.3 is 15.0 Å². The Morgan fingerprint density at radius 1 is 1.22 bits per heavy atom. The number of piperazine rings is 1. The van der Waals surface area contributed by atoms with E-state index in [1.54, 1.807) is 0 Å². The molecule has 0 aromatic heterocycles. The van der Waals surface area contributed by atoms with E-state index in [4.69, 9.17) is 16.3 Å². The van der Waals surface area contributed by atoms with Gasteiger partial charge in [0.05, 0.1) is 12.5 Å². The van der Waals surface area contributed by atoms with Crippen LogP contribution in [0.2, 0.25) is 5.02 Å². The number of amides is 2. The Balaban J connectivity index is 1.50. The Morgan fingerprint density at radius 2 is 1.89 bits per heavy atom. The molecule has 148 valence electrons. The van der Waals surface area contributed by atoms with Gasteiger partial charge in [0.1, 0.15) is 11.9 Å². The van der Waals surface area contributed by atoms with Crippen molar-refractivity contribution >= 4 is 23.4 Å². The minimum absolute atomic E-state index is 0.0377. The van der Waals surface area contributed by atoms with Crippen LogP contribution in [0.3, 0.4) is 0 Å². The highest BCUT2D eigenvalue weighted by Crippen LogP contribution is 2.22. The van der Waals surface area contributed by atoms with Gasteiger partial charge in [0.15, 0.2) is 0 Å². The molecule has 0 aliphatic carbocycles. The van der Waals surface area contributed by atoms with Crippen molar-refractivity contribution in [2.75, 3.05) is 26.2 Å². The summed E-state index contributed by atoms with van der Waals surface area (Å²) in [6.07, 6.45) is 1.92. The summed E-state index contributed by atoms with van der Waals surface area (Å²) in [5.41, 5.74) is 0. The number of hydrogen-bond donors (Lipinski definition) is 1. The molecule has 2 aliphatic rings. The van der Waals surface area contributed by atoms with Crippen LogP contribution in [0.1, 0.15) is 33.1 Å². The van der Waals surface area contributed by atoms with E-state index < -0.39 is 0 Å². The largest absolute Gasteiger partial charge is 0.490 e. The van der Waals surface area contributed by atoms with Crippen LogP contribution in [0, 0.1) is 0 Å². The maximum absolute atomic E-state index is 12.7. The zero-order valence-electron chi connectivity index (χ0n) is 16.0. The van der Waals surface area contributed by atoms with Crippen LogP contribution in [-0.4, -0.2) is 66.0 Å². The third-order valence-corrected chi connectivity index (χ3v) is 5.57. The average Bonchev–Trinajstić information content (AvgIpc) is 2.65. The number of piperidine rings is 1. The molecule has 0 bridgehead atoms. The molecule has 1 unspecified atom stereocenters. The predicted octanol–water partition coefficient (Wildman–Crippen LogP) is 2.31. The fourth-order valence-electron chi connectivity index (χ4n) is 3.78. The molecule has 6 nitrogen and oxygen atoms in total. The molecule has 0 spiro atoms. The van der Waals surface area contributed by atoms with Crippen LogP contribution < -0.4 is 10.1 Å². The van der Waals surface area contributed by atoms with Crippen molar-refractivity contribution in [3.8, 4) is 5.75 Å². The molecule has 1 atom stereocenters. The molecule has 27 heavy (non-hydrogen) atoms. The highest BCUT2D eigenvalue weighted by molar-refractivity contribution is 6.30. The predicted molar refractivity (Wildman–Crippen MR) is 105 cm³/mol. The first-order chi connectivity index (χ1) is 12.9. The van der Waals surface area contributed by atoms with Gasteiger partial charge >= 0.3 is 0 Å². The standard InChI is InChI=1S/C20H28ClN3O3/c1-14(2)24-12-9-22-20(26)18(24)13-19(25)23-10-7-17(8-11-23)27-16-5-3-15(21)4-6-16/h3-6,14,17-18H,7-13H2,1-2H3,(H,22,26). The molecule has 2 aliphatic heterocycles. The quantitative estimate of drug-likeness (QED) is 0.833. The van der Waals surface area contributed by atoms with Gasteiger partial charge in [-0.25, -0.2) is 0 Å². The molecule has 2 saturated heterocycles. The van der Waals surface area contributed by atoms with E-state index in [-0.39, 0.29) is 36.4 Å². The molecule has 0 saturated carbocycles. The number of rotatable bonds is 5. The first-order valence-electron chi connectivity index (χ1n) is 9.67. The van der Waals surface area contributed by atoms with Gasteiger partial charge in [-0.1, -0.05) is 11.6 Å². The maximum Gasteiger partial charge on any atom is 0.237 e. The number of nitrogens with one attached hydrogen (secondary N) is 1. The van der Waals surface area contributed by atoms with E-state index >= 15 is 0 Å². The molecule has 2 fully saturated rings. The Morgan fingerprint density at radius 3 is 2.52 bits per heavy atom. The number of carbonyl (C=O) groups is 2. The molecular weight excluding hydrogens is 366 g/mol. The van der Waals surface area contributed by atoms with Crippen molar-refractivity contribution in [3.63, 3.8) is 0 Å². The number of ether oxygens (including phenoxy) is 1. The van der Waals surface area contributed by atoms with E-state index in [0.29, 0.717) is 24.7 Å². The number of likely N-dealkylation sites (tertiary alicyclic amines) is 1. The summed E-state index contributed by atoms with van der Waals surface area (Å²) in [5.74, 6) is 0.813. The first kappa shape index (κ1) is 20.0. The maximum atomic E-state index is 12.7. The number of nitrogens with zero attached hydrogens (tertiary/aromatic N) is 2. The van der Waals surface area contributed by atoms with Gasteiger partial charge in [-0.15, -0.1) is 0 Å². The fourth-order valence-corrected chi connectivity index (χ4v) is 3.91. The second-order valence-corrected chi connectivity index (χ2v) is 7.93. The lowest BCUT2D eigenvalue weighted by atomic mass is 10.0. The first-order valence-corrected chi connectivity index (χ1v) is 10.1. The molecule has 2 amide bonds. The lowest BCUT2D eigenvalue weighted by molar-refractivity contribution is -0.140. The van der Waals surface area contributed by atoms with Crippen molar-refractivity contribution in [1.29, 1.82) is 0 Å². The van der Waals surface area contributed by atoms with Gasteiger partial charge in [0.2, 0.25) is 11.8 Å². The lowest BCUT2D eigenvalue weighted by Crippen LogP contribution is -2.58. The average molecular weight is 394 g/mol. The Labute approximate surface area is 165 Å². The highest BCUT2D eigenvalue weighted by Gasteiger charge is 2.35. The summed E-state index contributed by atoms with van der Waals surface area (Å²) >= 11 is 5.90. The molecular formula is C20H28ClN3O3. The Hall–Kier alpha value is -1.79. The van der Waals surface area contributed by atoms with Gasteiger partial charge in [-0.3, -0.25) is 14.5 Å². The van der Waals surface area contributed by atoms with Gasteiger partial charge in [0.25, 0.3) is 0 Å². The monoisotopic (exact) mass is 393 g/mol. The van der Waals surface area contributed by atoms with Gasteiger partial charge in [-0.2, -0.15) is 0 Å².